The van der Waals surface area contributed by atoms with Crippen LogP contribution in [-0.4, -0.2) is 22.0 Å². The van der Waals surface area contributed by atoms with E-state index in [0.29, 0.717) is 11.4 Å². The Hall–Kier alpha value is -2.50. The first kappa shape index (κ1) is 14.9. The minimum atomic E-state index is -0.619. The van der Waals surface area contributed by atoms with E-state index in [9.17, 15) is 9.18 Å². The Morgan fingerprint density at radius 1 is 1.33 bits per heavy atom. The number of nitrogens with zero attached hydrogens (tertiary/aromatic N) is 2. The zero-order chi connectivity index (χ0) is 15.2. The van der Waals surface area contributed by atoms with Gasteiger partial charge in [0.2, 0.25) is 11.8 Å². The summed E-state index contributed by atoms with van der Waals surface area (Å²) in [4.78, 5) is 19.5. The van der Waals surface area contributed by atoms with Gasteiger partial charge in [0.15, 0.2) is 0 Å². The van der Waals surface area contributed by atoms with Gasteiger partial charge < -0.3 is 10.1 Å². The second kappa shape index (κ2) is 6.78. The molecular weight excluding hydrogens is 273 g/mol. The molecule has 110 valence electrons. The summed E-state index contributed by atoms with van der Waals surface area (Å²) in [6.07, 6.45) is 2.82. The highest BCUT2D eigenvalue weighted by Crippen LogP contribution is 2.15. The first-order valence-corrected chi connectivity index (χ1v) is 6.56. The number of carbonyl (C=O) groups excluding carboxylic acids is 1. The van der Waals surface area contributed by atoms with Crippen molar-refractivity contribution in [2.75, 3.05) is 0 Å². The fraction of sp³-hybridized carbons (Fsp3) is 0.267. The normalized spacial score (nSPS) is 10.5. The third-order valence-electron chi connectivity index (χ3n) is 2.63. The van der Waals surface area contributed by atoms with E-state index in [4.69, 9.17) is 4.74 Å². The van der Waals surface area contributed by atoms with Gasteiger partial charge in [-0.2, -0.15) is 4.39 Å². The predicted molar refractivity (Wildman–Crippen MR) is 75.4 cm³/mol. The van der Waals surface area contributed by atoms with Gasteiger partial charge in [0.1, 0.15) is 0 Å². The lowest BCUT2D eigenvalue weighted by Crippen LogP contribution is -2.23. The van der Waals surface area contributed by atoms with Gasteiger partial charge in [-0.05, 0) is 32.0 Å². The standard InChI is InChI=1S/C15H16FN3O2/c1-10(2)21-15-12(4-3-7-17-15)9-19-14(20)11-5-6-13(16)18-8-11/h3-8,10H,9H2,1-2H3,(H,19,20). The summed E-state index contributed by atoms with van der Waals surface area (Å²) in [7, 11) is 0. The van der Waals surface area contributed by atoms with Gasteiger partial charge in [0.25, 0.3) is 5.91 Å². The Morgan fingerprint density at radius 3 is 2.81 bits per heavy atom. The van der Waals surface area contributed by atoms with Crippen LogP contribution in [0.25, 0.3) is 0 Å². The van der Waals surface area contributed by atoms with Crippen LogP contribution in [0.4, 0.5) is 4.39 Å². The van der Waals surface area contributed by atoms with Gasteiger partial charge in [-0.1, -0.05) is 6.07 Å². The van der Waals surface area contributed by atoms with E-state index in [1.807, 2.05) is 19.9 Å². The summed E-state index contributed by atoms with van der Waals surface area (Å²) < 4.78 is 18.3. The molecule has 2 rings (SSSR count). The number of carbonyl (C=O) groups is 1. The van der Waals surface area contributed by atoms with Crippen LogP contribution in [0.5, 0.6) is 5.88 Å². The molecule has 2 aromatic heterocycles. The van der Waals surface area contributed by atoms with Crippen LogP contribution in [0, 0.1) is 5.95 Å². The summed E-state index contributed by atoms with van der Waals surface area (Å²) in [6, 6.07) is 6.13. The van der Waals surface area contributed by atoms with Gasteiger partial charge in [-0.15, -0.1) is 0 Å². The molecule has 0 aliphatic rings. The molecule has 2 aromatic rings. The molecule has 0 bridgehead atoms. The minimum Gasteiger partial charge on any atom is -0.475 e. The molecule has 0 radical (unpaired) electrons. The highest BCUT2D eigenvalue weighted by atomic mass is 19.1. The molecule has 2 heterocycles. The number of aromatic nitrogens is 2. The van der Waals surface area contributed by atoms with Crippen LogP contribution in [0.15, 0.2) is 36.7 Å². The van der Waals surface area contributed by atoms with Crippen molar-refractivity contribution in [1.82, 2.24) is 15.3 Å². The molecule has 0 spiro atoms. The fourth-order valence-corrected chi connectivity index (χ4v) is 1.68. The van der Waals surface area contributed by atoms with Gasteiger partial charge in [0, 0.05) is 24.5 Å². The van der Waals surface area contributed by atoms with Gasteiger partial charge in [0.05, 0.1) is 11.7 Å². The average Bonchev–Trinajstić information content (AvgIpc) is 2.46. The molecular formula is C15H16FN3O2. The Kier molecular flexibility index (Phi) is 4.81. The lowest BCUT2D eigenvalue weighted by atomic mass is 10.2. The van der Waals surface area contributed by atoms with Gasteiger partial charge in [-0.25, -0.2) is 9.97 Å². The van der Waals surface area contributed by atoms with Crippen LogP contribution >= 0.6 is 0 Å². The molecule has 1 amide bonds. The fourth-order valence-electron chi connectivity index (χ4n) is 1.68. The van der Waals surface area contributed by atoms with E-state index in [1.165, 1.54) is 12.3 Å². The van der Waals surface area contributed by atoms with E-state index in [0.717, 1.165) is 11.6 Å². The molecule has 0 saturated carbocycles. The number of nitrogens with one attached hydrogen (secondary N) is 1. The Bertz CT molecular complexity index is 615. The zero-order valence-corrected chi connectivity index (χ0v) is 11.8. The maximum absolute atomic E-state index is 12.7. The summed E-state index contributed by atoms with van der Waals surface area (Å²) >= 11 is 0. The molecule has 0 saturated heterocycles. The molecule has 0 aliphatic heterocycles. The number of rotatable bonds is 5. The number of hydrogen-bond acceptors (Lipinski definition) is 4. The molecule has 0 atom stereocenters. The van der Waals surface area contributed by atoms with Crippen LogP contribution in [0.3, 0.4) is 0 Å². The van der Waals surface area contributed by atoms with Crippen LogP contribution in [-0.2, 0) is 6.54 Å². The lowest BCUT2D eigenvalue weighted by molar-refractivity contribution is 0.0950. The molecule has 1 N–H and O–H groups in total. The molecule has 6 heteroatoms. The van der Waals surface area contributed by atoms with E-state index >= 15 is 0 Å². The largest absolute Gasteiger partial charge is 0.475 e. The molecule has 0 fully saturated rings. The third-order valence-corrected chi connectivity index (χ3v) is 2.63. The topological polar surface area (TPSA) is 64.1 Å². The van der Waals surface area contributed by atoms with E-state index in [2.05, 4.69) is 15.3 Å². The van der Waals surface area contributed by atoms with Gasteiger partial charge in [-0.3, -0.25) is 4.79 Å². The Labute approximate surface area is 122 Å². The lowest BCUT2D eigenvalue weighted by Gasteiger charge is -2.13. The summed E-state index contributed by atoms with van der Waals surface area (Å²) in [5.74, 6) is -0.460. The van der Waals surface area contributed by atoms with E-state index < -0.39 is 5.95 Å². The number of pyridine rings is 2. The van der Waals surface area contributed by atoms with Crippen molar-refractivity contribution in [2.45, 2.75) is 26.5 Å². The van der Waals surface area contributed by atoms with Crippen molar-refractivity contribution in [3.05, 3.63) is 53.7 Å². The predicted octanol–water partition coefficient (Wildman–Crippen LogP) is 2.33. The second-order valence-electron chi connectivity index (χ2n) is 4.69. The first-order valence-electron chi connectivity index (χ1n) is 6.56. The molecule has 21 heavy (non-hydrogen) atoms. The van der Waals surface area contributed by atoms with Crippen molar-refractivity contribution in [2.24, 2.45) is 0 Å². The van der Waals surface area contributed by atoms with E-state index in [1.54, 1.807) is 12.3 Å². The highest BCUT2D eigenvalue weighted by molar-refractivity contribution is 5.93. The highest BCUT2D eigenvalue weighted by Gasteiger charge is 2.10. The van der Waals surface area contributed by atoms with Crippen molar-refractivity contribution < 1.29 is 13.9 Å². The quantitative estimate of drug-likeness (QED) is 0.858. The van der Waals surface area contributed by atoms with Crippen LogP contribution in [0.2, 0.25) is 0 Å². The second-order valence-corrected chi connectivity index (χ2v) is 4.69. The number of halogens is 1. The number of amides is 1. The summed E-state index contributed by atoms with van der Waals surface area (Å²) in [5, 5.41) is 2.73. The van der Waals surface area contributed by atoms with E-state index in [-0.39, 0.29) is 18.6 Å². The maximum Gasteiger partial charge on any atom is 0.253 e. The third kappa shape index (κ3) is 4.24. The Morgan fingerprint density at radius 2 is 2.14 bits per heavy atom. The maximum atomic E-state index is 12.7. The number of hydrogen-bond donors (Lipinski definition) is 1. The van der Waals surface area contributed by atoms with Gasteiger partial charge >= 0.3 is 0 Å². The van der Waals surface area contributed by atoms with Crippen molar-refractivity contribution in [1.29, 1.82) is 0 Å². The SMILES string of the molecule is CC(C)Oc1ncccc1CNC(=O)c1ccc(F)nc1. The molecule has 0 aromatic carbocycles. The summed E-state index contributed by atoms with van der Waals surface area (Å²) in [5.41, 5.74) is 1.07. The van der Waals surface area contributed by atoms with Crippen molar-refractivity contribution in [3.8, 4) is 5.88 Å². The molecule has 0 aliphatic carbocycles. The number of ether oxygens (including phenoxy) is 1. The zero-order valence-electron chi connectivity index (χ0n) is 11.8. The monoisotopic (exact) mass is 289 g/mol. The molecule has 0 unspecified atom stereocenters. The minimum absolute atomic E-state index is 0.00403. The average molecular weight is 289 g/mol. The van der Waals surface area contributed by atoms with Crippen molar-refractivity contribution in [3.63, 3.8) is 0 Å². The first-order chi connectivity index (χ1) is 10.1. The van der Waals surface area contributed by atoms with Crippen molar-refractivity contribution >= 4 is 5.91 Å². The molecule has 5 nitrogen and oxygen atoms in total. The summed E-state index contributed by atoms with van der Waals surface area (Å²) in [6.45, 7) is 4.08. The van der Waals surface area contributed by atoms with Crippen LogP contribution in [0.1, 0.15) is 29.8 Å². The smallest absolute Gasteiger partial charge is 0.253 e. The Balaban J connectivity index is 2.02. The van der Waals surface area contributed by atoms with Crippen LogP contribution < -0.4 is 10.1 Å².